The number of aryl methyl sites for hydroxylation is 1. The van der Waals surface area contributed by atoms with Crippen molar-refractivity contribution in [1.82, 2.24) is 15.1 Å². The predicted octanol–water partition coefficient (Wildman–Crippen LogP) is 2.11. The average Bonchev–Trinajstić information content (AvgIpc) is 3.28. The molecule has 2 saturated heterocycles. The lowest BCUT2D eigenvalue weighted by Gasteiger charge is -2.35. The SMILES string of the molecule is Cc1ccc(OCC(=O)N2CCN(c3ccc(N4CCCC4)nn3)CC2)cc1. The third-order valence-corrected chi connectivity index (χ3v) is 5.41. The zero-order valence-electron chi connectivity index (χ0n) is 16.4. The summed E-state index contributed by atoms with van der Waals surface area (Å²) in [6, 6.07) is 11.8. The van der Waals surface area contributed by atoms with Crippen LogP contribution in [0.3, 0.4) is 0 Å². The molecule has 7 nitrogen and oxygen atoms in total. The summed E-state index contributed by atoms with van der Waals surface area (Å²) < 4.78 is 5.62. The van der Waals surface area contributed by atoms with Crippen LogP contribution in [0, 0.1) is 6.92 Å². The molecular formula is C21H27N5O2. The molecule has 7 heteroatoms. The van der Waals surface area contributed by atoms with Gasteiger partial charge in [0.05, 0.1) is 0 Å². The zero-order valence-corrected chi connectivity index (χ0v) is 16.4. The predicted molar refractivity (Wildman–Crippen MR) is 109 cm³/mol. The highest BCUT2D eigenvalue weighted by Crippen LogP contribution is 2.20. The fourth-order valence-corrected chi connectivity index (χ4v) is 3.66. The summed E-state index contributed by atoms with van der Waals surface area (Å²) in [6.45, 7) is 7.10. The molecule has 2 aromatic rings. The van der Waals surface area contributed by atoms with E-state index in [1.807, 2.05) is 42.2 Å². The van der Waals surface area contributed by atoms with Crippen molar-refractivity contribution in [2.75, 3.05) is 55.7 Å². The third-order valence-electron chi connectivity index (χ3n) is 5.41. The van der Waals surface area contributed by atoms with Crippen LogP contribution in [0.15, 0.2) is 36.4 Å². The number of nitrogens with zero attached hydrogens (tertiary/aromatic N) is 5. The van der Waals surface area contributed by atoms with E-state index < -0.39 is 0 Å². The zero-order chi connectivity index (χ0) is 19.3. The van der Waals surface area contributed by atoms with Crippen molar-refractivity contribution in [3.05, 3.63) is 42.0 Å². The molecule has 0 spiro atoms. The van der Waals surface area contributed by atoms with E-state index in [1.165, 1.54) is 18.4 Å². The molecule has 2 aliphatic heterocycles. The quantitative estimate of drug-likeness (QED) is 0.791. The second kappa shape index (κ2) is 8.46. The van der Waals surface area contributed by atoms with Gasteiger partial charge in [-0.1, -0.05) is 17.7 Å². The summed E-state index contributed by atoms with van der Waals surface area (Å²) in [5, 5.41) is 8.80. The largest absolute Gasteiger partial charge is 0.484 e. The number of hydrogen-bond donors (Lipinski definition) is 0. The molecule has 4 rings (SSSR count). The molecule has 0 radical (unpaired) electrons. The normalized spacial score (nSPS) is 17.1. The number of rotatable bonds is 5. The Hall–Kier alpha value is -2.83. The minimum atomic E-state index is 0.0238. The number of piperazine rings is 1. The molecule has 1 amide bonds. The van der Waals surface area contributed by atoms with E-state index in [0.29, 0.717) is 13.1 Å². The van der Waals surface area contributed by atoms with E-state index in [1.54, 1.807) is 0 Å². The van der Waals surface area contributed by atoms with Crippen molar-refractivity contribution in [2.45, 2.75) is 19.8 Å². The van der Waals surface area contributed by atoms with E-state index in [-0.39, 0.29) is 12.5 Å². The molecular weight excluding hydrogens is 354 g/mol. The Morgan fingerprint density at radius 2 is 1.43 bits per heavy atom. The molecule has 0 saturated carbocycles. The Morgan fingerprint density at radius 3 is 2.00 bits per heavy atom. The van der Waals surface area contributed by atoms with Gasteiger partial charge in [-0.05, 0) is 44.0 Å². The van der Waals surface area contributed by atoms with Gasteiger partial charge in [0.25, 0.3) is 5.91 Å². The van der Waals surface area contributed by atoms with Gasteiger partial charge in [0.2, 0.25) is 0 Å². The first-order valence-electron chi connectivity index (χ1n) is 10.00. The van der Waals surface area contributed by atoms with Crippen molar-refractivity contribution in [2.24, 2.45) is 0 Å². The summed E-state index contributed by atoms with van der Waals surface area (Å²) in [4.78, 5) is 18.7. The van der Waals surface area contributed by atoms with Crippen LogP contribution in [0.5, 0.6) is 5.75 Å². The molecule has 0 N–H and O–H groups in total. The van der Waals surface area contributed by atoms with Crippen molar-refractivity contribution < 1.29 is 9.53 Å². The number of ether oxygens (including phenoxy) is 1. The lowest BCUT2D eigenvalue weighted by molar-refractivity contribution is -0.133. The van der Waals surface area contributed by atoms with Crippen LogP contribution in [-0.4, -0.2) is 66.9 Å². The maximum atomic E-state index is 12.4. The highest BCUT2D eigenvalue weighted by molar-refractivity contribution is 5.78. The maximum absolute atomic E-state index is 12.4. The van der Waals surface area contributed by atoms with E-state index in [4.69, 9.17) is 4.74 Å². The second-order valence-electron chi connectivity index (χ2n) is 7.41. The summed E-state index contributed by atoms with van der Waals surface area (Å²) in [5.74, 6) is 2.59. The molecule has 0 unspecified atom stereocenters. The van der Waals surface area contributed by atoms with Gasteiger partial charge in [-0.2, -0.15) is 0 Å². The van der Waals surface area contributed by atoms with Gasteiger partial charge in [0.1, 0.15) is 5.75 Å². The molecule has 148 valence electrons. The minimum Gasteiger partial charge on any atom is -0.484 e. The lowest BCUT2D eigenvalue weighted by Crippen LogP contribution is -2.50. The van der Waals surface area contributed by atoms with Crippen molar-refractivity contribution in [3.63, 3.8) is 0 Å². The molecule has 3 heterocycles. The van der Waals surface area contributed by atoms with Gasteiger partial charge in [-0.3, -0.25) is 4.79 Å². The third kappa shape index (κ3) is 4.35. The Morgan fingerprint density at radius 1 is 0.857 bits per heavy atom. The summed E-state index contributed by atoms with van der Waals surface area (Å²) in [5.41, 5.74) is 1.17. The first-order valence-corrected chi connectivity index (χ1v) is 10.00. The standard InChI is InChI=1S/C21H27N5O2/c1-17-4-6-18(7-5-17)28-16-21(27)26-14-12-25(13-15-26)20-9-8-19(22-23-20)24-10-2-3-11-24/h4-9H,2-3,10-16H2,1H3. The maximum Gasteiger partial charge on any atom is 0.260 e. The molecule has 1 aromatic carbocycles. The Kier molecular flexibility index (Phi) is 5.60. The fraction of sp³-hybridized carbons (Fsp3) is 0.476. The molecule has 28 heavy (non-hydrogen) atoms. The first kappa shape index (κ1) is 18.5. The van der Waals surface area contributed by atoms with E-state index in [2.05, 4.69) is 26.1 Å². The minimum absolute atomic E-state index is 0.0238. The highest BCUT2D eigenvalue weighted by atomic mass is 16.5. The van der Waals surface area contributed by atoms with E-state index in [9.17, 15) is 4.79 Å². The van der Waals surface area contributed by atoms with Crippen LogP contribution in [0.2, 0.25) is 0 Å². The number of anilines is 2. The highest BCUT2D eigenvalue weighted by Gasteiger charge is 2.23. The smallest absolute Gasteiger partial charge is 0.260 e. The van der Waals surface area contributed by atoms with Crippen molar-refractivity contribution in [3.8, 4) is 5.75 Å². The van der Waals surface area contributed by atoms with Crippen LogP contribution in [-0.2, 0) is 4.79 Å². The number of carbonyl (C=O) groups is 1. The molecule has 0 atom stereocenters. The lowest BCUT2D eigenvalue weighted by atomic mass is 10.2. The number of hydrogen-bond acceptors (Lipinski definition) is 6. The number of aromatic nitrogens is 2. The van der Waals surface area contributed by atoms with Crippen LogP contribution < -0.4 is 14.5 Å². The molecule has 2 fully saturated rings. The number of carbonyl (C=O) groups excluding carboxylic acids is 1. The summed E-state index contributed by atoms with van der Waals surface area (Å²) in [7, 11) is 0. The van der Waals surface area contributed by atoms with Gasteiger partial charge in [-0.25, -0.2) is 0 Å². The van der Waals surface area contributed by atoms with Gasteiger partial charge in [0.15, 0.2) is 18.2 Å². The molecule has 0 bridgehead atoms. The van der Waals surface area contributed by atoms with Crippen LogP contribution >= 0.6 is 0 Å². The average molecular weight is 381 g/mol. The molecule has 1 aromatic heterocycles. The van der Waals surface area contributed by atoms with Gasteiger partial charge >= 0.3 is 0 Å². The first-order chi connectivity index (χ1) is 13.7. The second-order valence-corrected chi connectivity index (χ2v) is 7.41. The van der Waals surface area contributed by atoms with Gasteiger partial charge in [0, 0.05) is 39.3 Å². The van der Waals surface area contributed by atoms with Gasteiger partial charge in [-0.15, -0.1) is 10.2 Å². The topological polar surface area (TPSA) is 61.8 Å². The van der Waals surface area contributed by atoms with Crippen LogP contribution in [0.4, 0.5) is 11.6 Å². The monoisotopic (exact) mass is 381 g/mol. The van der Waals surface area contributed by atoms with Crippen molar-refractivity contribution >= 4 is 17.5 Å². The molecule has 2 aliphatic rings. The Balaban J connectivity index is 1.25. The van der Waals surface area contributed by atoms with Crippen LogP contribution in [0.1, 0.15) is 18.4 Å². The number of benzene rings is 1. The fourth-order valence-electron chi connectivity index (χ4n) is 3.66. The van der Waals surface area contributed by atoms with Crippen molar-refractivity contribution in [1.29, 1.82) is 0 Å². The Labute approximate surface area is 165 Å². The summed E-state index contributed by atoms with van der Waals surface area (Å²) >= 11 is 0. The van der Waals surface area contributed by atoms with E-state index >= 15 is 0 Å². The Bertz CT molecular complexity index is 779. The summed E-state index contributed by atoms with van der Waals surface area (Å²) in [6.07, 6.45) is 2.46. The number of amides is 1. The van der Waals surface area contributed by atoms with E-state index in [0.717, 1.165) is 43.6 Å². The van der Waals surface area contributed by atoms with Gasteiger partial charge < -0.3 is 19.4 Å². The van der Waals surface area contributed by atoms with Crippen LogP contribution in [0.25, 0.3) is 0 Å². The molecule has 0 aliphatic carbocycles.